The Morgan fingerprint density at radius 2 is 2.19 bits per heavy atom. The van der Waals surface area contributed by atoms with Gasteiger partial charge in [0.15, 0.2) is 0 Å². The summed E-state index contributed by atoms with van der Waals surface area (Å²) < 4.78 is 27.0. The molecule has 0 saturated carbocycles. The van der Waals surface area contributed by atoms with Crippen LogP contribution in [0.4, 0.5) is 5.82 Å². The maximum Gasteiger partial charge on any atom is 0.242 e. The largest absolute Gasteiger partial charge is 0.372 e. The molecule has 2 N–H and O–H groups in total. The molecule has 0 aliphatic heterocycles. The van der Waals surface area contributed by atoms with Gasteiger partial charge in [0, 0.05) is 37.3 Å². The molecular weight excluding hydrogens is 332 g/mol. The van der Waals surface area contributed by atoms with E-state index in [0.717, 1.165) is 5.01 Å². The number of rotatable bonds is 6. The maximum absolute atomic E-state index is 12.2. The van der Waals surface area contributed by atoms with E-state index in [9.17, 15) is 8.42 Å². The quantitative estimate of drug-likeness (QED) is 0.838. The van der Waals surface area contributed by atoms with Gasteiger partial charge in [0.2, 0.25) is 10.0 Å². The summed E-state index contributed by atoms with van der Waals surface area (Å²) in [6, 6.07) is 1.37. The molecule has 1 unspecified atom stereocenters. The van der Waals surface area contributed by atoms with Crippen molar-refractivity contribution >= 4 is 38.8 Å². The van der Waals surface area contributed by atoms with Crippen LogP contribution < -0.4 is 10.0 Å². The molecule has 2 aromatic heterocycles. The summed E-state index contributed by atoms with van der Waals surface area (Å²) >= 11 is 7.45. The summed E-state index contributed by atoms with van der Waals surface area (Å²) in [5.41, 5.74) is 0. The zero-order valence-electron chi connectivity index (χ0n) is 11.5. The van der Waals surface area contributed by atoms with Gasteiger partial charge in [-0.05, 0) is 6.07 Å². The fourth-order valence-corrected chi connectivity index (χ4v) is 3.76. The van der Waals surface area contributed by atoms with Crippen LogP contribution in [-0.2, 0) is 10.0 Å². The topological polar surface area (TPSA) is 84.0 Å². The van der Waals surface area contributed by atoms with Crippen molar-refractivity contribution in [2.45, 2.75) is 17.7 Å². The fourth-order valence-electron chi connectivity index (χ4n) is 1.63. The van der Waals surface area contributed by atoms with Crippen LogP contribution in [-0.4, -0.2) is 32.0 Å². The molecule has 0 bridgehead atoms. The van der Waals surface area contributed by atoms with Gasteiger partial charge in [-0.25, -0.2) is 23.1 Å². The molecule has 2 aromatic rings. The van der Waals surface area contributed by atoms with Crippen molar-refractivity contribution in [1.29, 1.82) is 0 Å². The standard InChI is InChI=1S/C12H15ClN4O2S2/c1-8(12-15-3-4-20-12)6-17-21(18,19)9-5-10(13)11(14-2)16-7-9/h3-5,7-8,17H,6H2,1-2H3,(H,14,16). The molecule has 9 heteroatoms. The highest BCUT2D eigenvalue weighted by molar-refractivity contribution is 7.89. The second-order valence-electron chi connectivity index (χ2n) is 4.37. The lowest BCUT2D eigenvalue weighted by molar-refractivity contribution is 0.574. The Morgan fingerprint density at radius 1 is 1.43 bits per heavy atom. The highest BCUT2D eigenvalue weighted by Gasteiger charge is 2.18. The van der Waals surface area contributed by atoms with Crippen molar-refractivity contribution in [2.75, 3.05) is 18.9 Å². The molecule has 0 spiro atoms. The maximum atomic E-state index is 12.2. The predicted octanol–water partition coefficient (Wildman–Crippen LogP) is 2.32. The van der Waals surface area contributed by atoms with Crippen molar-refractivity contribution in [1.82, 2.24) is 14.7 Å². The molecule has 6 nitrogen and oxygen atoms in total. The third-order valence-corrected chi connectivity index (χ3v) is 5.50. The number of hydrogen-bond donors (Lipinski definition) is 2. The third-order valence-electron chi connectivity index (χ3n) is 2.82. The molecule has 0 aromatic carbocycles. The SMILES string of the molecule is CNc1ncc(S(=O)(=O)NCC(C)c2nccs2)cc1Cl. The zero-order valence-corrected chi connectivity index (χ0v) is 13.9. The van der Waals surface area contributed by atoms with E-state index in [1.807, 2.05) is 12.3 Å². The van der Waals surface area contributed by atoms with Gasteiger partial charge in [-0.1, -0.05) is 18.5 Å². The number of anilines is 1. The van der Waals surface area contributed by atoms with Gasteiger partial charge in [0.05, 0.1) is 10.0 Å². The number of nitrogens with zero attached hydrogens (tertiary/aromatic N) is 2. The molecular formula is C12H15ClN4O2S2. The molecule has 21 heavy (non-hydrogen) atoms. The van der Waals surface area contributed by atoms with Crippen molar-refractivity contribution in [3.05, 3.63) is 33.9 Å². The Labute approximate surface area is 132 Å². The van der Waals surface area contributed by atoms with E-state index >= 15 is 0 Å². The molecule has 0 aliphatic rings. The van der Waals surface area contributed by atoms with E-state index in [4.69, 9.17) is 11.6 Å². The number of halogens is 1. The number of hydrogen-bond acceptors (Lipinski definition) is 6. The minimum Gasteiger partial charge on any atom is -0.372 e. The summed E-state index contributed by atoms with van der Waals surface area (Å²) in [6.07, 6.45) is 2.97. The van der Waals surface area contributed by atoms with Crippen molar-refractivity contribution in [3.63, 3.8) is 0 Å². The van der Waals surface area contributed by atoms with Crippen LogP contribution in [0.5, 0.6) is 0 Å². The Morgan fingerprint density at radius 3 is 2.76 bits per heavy atom. The number of aromatic nitrogens is 2. The second-order valence-corrected chi connectivity index (χ2v) is 7.48. The van der Waals surface area contributed by atoms with Gasteiger partial charge < -0.3 is 5.32 Å². The van der Waals surface area contributed by atoms with Crippen LogP contribution in [0.2, 0.25) is 5.02 Å². The summed E-state index contributed by atoms with van der Waals surface area (Å²) in [5, 5.41) is 5.79. The molecule has 2 rings (SSSR count). The molecule has 114 valence electrons. The van der Waals surface area contributed by atoms with Gasteiger partial charge in [0.25, 0.3) is 0 Å². The molecule has 0 radical (unpaired) electrons. The van der Waals surface area contributed by atoms with Crippen molar-refractivity contribution in [3.8, 4) is 0 Å². The molecule has 0 fully saturated rings. The highest BCUT2D eigenvalue weighted by atomic mass is 35.5. The molecule has 0 amide bonds. The second kappa shape index (κ2) is 6.69. The van der Waals surface area contributed by atoms with Gasteiger partial charge >= 0.3 is 0 Å². The van der Waals surface area contributed by atoms with E-state index in [2.05, 4.69) is 20.0 Å². The van der Waals surface area contributed by atoms with E-state index in [-0.39, 0.29) is 22.4 Å². The van der Waals surface area contributed by atoms with Crippen LogP contribution in [0.15, 0.2) is 28.7 Å². The summed E-state index contributed by atoms with van der Waals surface area (Å²) in [7, 11) is -1.98. The van der Waals surface area contributed by atoms with Crippen LogP contribution in [0.1, 0.15) is 17.8 Å². The molecule has 0 aliphatic carbocycles. The first kappa shape index (κ1) is 16.2. The number of thiazole rings is 1. The lowest BCUT2D eigenvalue weighted by Gasteiger charge is -2.11. The monoisotopic (exact) mass is 346 g/mol. The number of nitrogens with one attached hydrogen (secondary N) is 2. The van der Waals surface area contributed by atoms with Crippen LogP contribution in [0, 0.1) is 0 Å². The lowest BCUT2D eigenvalue weighted by atomic mass is 10.2. The van der Waals surface area contributed by atoms with E-state index in [1.54, 1.807) is 13.2 Å². The van der Waals surface area contributed by atoms with Crippen LogP contribution >= 0.6 is 22.9 Å². The van der Waals surface area contributed by atoms with Gasteiger partial charge in [-0.3, -0.25) is 0 Å². The average Bonchev–Trinajstić information content (AvgIpc) is 2.99. The summed E-state index contributed by atoms with van der Waals surface area (Å²) in [5.74, 6) is 0.437. The molecule has 0 saturated heterocycles. The zero-order chi connectivity index (χ0) is 15.5. The van der Waals surface area contributed by atoms with Crippen molar-refractivity contribution in [2.24, 2.45) is 0 Å². The number of sulfonamides is 1. The summed E-state index contributed by atoms with van der Waals surface area (Å²) in [6.45, 7) is 2.18. The van der Waals surface area contributed by atoms with Crippen LogP contribution in [0.25, 0.3) is 0 Å². The minimum atomic E-state index is -3.64. The predicted molar refractivity (Wildman–Crippen MR) is 84.5 cm³/mol. The van der Waals surface area contributed by atoms with E-state index in [0.29, 0.717) is 5.82 Å². The Balaban J connectivity index is 2.10. The number of pyridine rings is 1. The van der Waals surface area contributed by atoms with E-state index in [1.165, 1.54) is 23.6 Å². The minimum absolute atomic E-state index is 0.000196. The normalized spacial score (nSPS) is 13.1. The first-order valence-corrected chi connectivity index (χ1v) is 8.90. The Hall–Kier alpha value is -1.22. The average molecular weight is 347 g/mol. The van der Waals surface area contributed by atoms with Gasteiger partial charge in [-0.15, -0.1) is 11.3 Å². The first-order chi connectivity index (χ1) is 9.94. The molecule has 1 atom stereocenters. The fraction of sp³-hybridized carbons (Fsp3) is 0.333. The van der Waals surface area contributed by atoms with Gasteiger partial charge in [0.1, 0.15) is 10.7 Å². The Bertz CT molecular complexity index is 704. The van der Waals surface area contributed by atoms with Crippen molar-refractivity contribution < 1.29 is 8.42 Å². The third kappa shape index (κ3) is 3.91. The van der Waals surface area contributed by atoms with Crippen LogP contribution in [0.3, 0.4) is 0 Å². The Kier molecular flexibility index (Phi) is 5.15. The highest BCUT2D eigenvalue weighted by Crippen LogP contribution is 2.22. The smallest absolute Gasteiger partial charge is 0.242 e. The van der Waals surface area contributed by atoms with E-state index < -0.39 is 10.0 Å². The van der Waals surface area contributed by atoms with Gasteiger partial charge in [-0.2, -0.15) is 0 Å². The summed E-state index contributed by atoms with van der Waals surface area (Å²) in [4.78, 5) is 8.18. The first-order valence-electron chi connectivity index (χ1n) is 6.16. The lowest BCUT2D eigenvalue weighted by Crippen LogP contribution is -2.27. The molecule has 2 heterocycles.